The summed E-state index contributed by atoms with van der Waals surface area (Å²) in [5, 5.41) is 12.5. The summed E-state index contributed by atoms with van der Waals surface area (Å²) in [4.78, 5) is 12.6. The second-order valence-electron chi connectivity index (χ2n) is 6.44. The Morgan fingerprint density at radius 2 is 1.85 bits per heavy atom. The molecule has 1 aromatic heterocycles. The summed E-state index contributed by atoms with van der Waals surface area (Å²) >= 11 is 7.32. The molecule has 140 valence electrons. The van der Waals surface area contributed by atoms with Crippen LogP contribution in [0.3, 0.4) is 0 Å². The van der Waals surface area contributed by atoms with Crippen molar-refractivity contribution in [2.24, 2.45) is 7.05 Å². The van der Waals surface area contributed by atoms with Crippen LogP contribution in [0.15, 0.2) is 47.6 Å². The van der Waals surface area contributed by atoms with E-state index in [-0.39, 0.29) is 11.2 Å². The quantitative estimate of drug-likeness (QED) is 0.620. The number of thioether (sulfide) groups is 1. The third kappa shape index (κ3) is 4.51. The maximum atomic E-state index is 12.6. The zero-order valence-electron chi connectivity index (χ0n) is 15.7. The molecule has 5 nitrogen and oxygen atoms in total. The fourth-order valence-electron chi connectivity index (χ4n) is 2.67. The largest absolute Gasteiger partial charge is 0.325 e. The van der Waals surface area contributed by atoms with Gasteiger partial charge in [-0.25, -0.2) is 0 Å². The Balaban J connectivity index is 1.71. The van der Waals surface area contributed by atoms with Gasteiger partial charge in [0.1, 0.15) is 0 Å². The van der Waals surface area contributed by atoms with E-state index in [1.165, 1.54) is 17.3 Å². The minimum Gasteiger partial charge on any atom is -0.325 e. The van der Waals surface area contributed by atoms with Crippen LogP contribution in [0.5, 0.6) is 0 Å². The van der Waals surface area contributed by atoms with Crippen LogP contribution in [-0.2, 0) is 11.8 Å². The van der Waals surface area contributed by atoms with Gasteiger partial charge in [-0.1, -0.05) is 41.1 Å². The lowest BCUT2D eigenvalue weighted by Gasteiger charge is -2.13. The van der Waals surface area contributed by atoms with E-state index >= 15 is 0 Å². The molecule has 3 aromatic rings. The van der Waals surface area contributed by atoms with Crippen LogP contribution >= 0.6 is 23.4 Å². The monoisotopic (exact) mass is 400 g/mol. The summed E-state index contributed by atoms with van der Waals surface area (Å²) in [6.45, 7) is 5.88. The first-order valence-electron chi connectivity index (χ1n) is 8.55. The summed E-state index contributed by atoms with van der Waals surface area (Å²) < 4.78 is 1.88. The van der Waals surface area contributed by atoms with E-state index in [4.69, 9.17) is 11.6 Å². The highest BCUT2D eigenvalue weighted by atomic mass is 35.5. The molecule has 0 spiro atoms. The van der Waals surface area contributed by atoms with Crippen LogP contribution in [0.4, 0.5) is 5.69 Å². The number of rotatable bonds is 5. The van der Waals surface area contributed by atoms with E-state index in [2.05, 4.69) is 21.6 Å². The molecule has 1 unspecified atom stereocenters. The molecule has 0 radical (unpaired) electrons. The van der Waals surface area contributed by atoms with Crippen molar-refractivity contribution in [1.29, 1.82) is 0 Å². The molecule has 0 aliphatic rings. The van der Waals surface area contributed by atoms with E-state index in [1.54, 1.807) is 0 Å². The van der Waals surface area contributed by atoms with Crippen LogP contribution in [-0.4, -0.2) is 25.9 Å². The van der Waals surface area contributed by atoms with Gasteiger partial charge in [-0.2, -0.15) is 0 Å². The standard InChI is InChI=1S/C20H21ClN4OS/c1-12-5-10-17(13(2)11-12)22-19(26)14(3)27-20-24-23-18(25(20)4)15-6-8-16(21)9-7-15/h5-11,14H,1-4H3,(H,22,26). The topological polar surface area (TPSA) is 59.8 Å². The lowest BCUT2D eigenvalue weighted by molar-refractivity contribution is -0.115. The zero-order chi connectivity index (χ0) is 19.6. The zero-order valence-corrected chi connectivity index (χ0v) is 17.2. The molecule has 0 fully saturated rings. The van der Waals surface area contributed by atoms with Gasteiger partial charge in [0, 0.05) is 23.3 Å². The van der Waals surface area contributed by atoms with E-state index in [0.717, 1.165) is 22.6 Å². The molecular weight excluding hydrogens is 380 g/mol. The van der Waals surface area contributed by atoms with E-state index in [9.17, 15) is 4.79 Å². The Bertz CT molecular complexity index is 969. The first kappa shape index (κ1) is 19.5. The van der Waals surface area contributed by atoms with Crippen LogP contribution in [0.25, 0.3) is 11.4 Å². The van der Waals surface area contributed by atoms with Crippen molar-refractivity contribution < 1.29 is 4.79 Å². The number of aromatic nitrogens is 3. The highest BCUT2D eigenvalue weighted by Crippen LogP contribution is 2.27. The summed E-state index contributed by atoms with van der Waals surface area (Å²) in [7, 11) is 1.89. The van der Waals surface area contributed by atoms with Gasteiger partial charge in [0.15, 0.2) is 11.0 Å². The molecule has 1 atom stereocenters. The second kappa shape index (κ2) is 8.15. The number of amides is 1. The number of aryl methyl sites for hydroxylation is 2. The van der Waals surface area contributed by atoms with Crippen LogP contribution in [0, 0.1) is 13.8 Å². The number of carbonyl (C=O) groups excluding carboxylic acids is 1. The average molecular weight is 401 g/mol. The highest BCUT2D eigenvalue weighted by molar-refractivity contribution is 8.00. The summed E-state index contributed by atoms with van der Waals surface area (Å²) in [6.07, 6.45) is 0. The Morgan fingerprint density at radius 3 is 2.52 bits per heavy atom. The van der Waals surface area contributed by atoms with E-state index < -0.39 is 0 Å². The molecular formula is C20H21ClN4OS. The van der Waals surface area contributed by atoms with E-state index in [0.29, 0.717) is 10.2 Å². The Morgan fingerprint density at radius 1 is 1.15 bits per heavy atom. The molecule has 0 aliphatic heterocycles. The highest BCUT2D eigenvalue weighted by Gasteiger charge is 2.20. The summed E-state index contributed by atoms with van der Waals surface area (Å²) in [5.74, 6) is 0.666. The van der Waals surface area contributed by atoms with Gasteiger partial charge in [-0.15, -0.1) is 10.2 Å². The number of hydrogen-bond acceptors (Lipinski definition) is 4. The Labute approximate surface area is 168 Å². The number of nitrogens with one attached hydrogen (secondary N) is 1. The number of carbonyl (C=O) groups is 1. The third-order valence-corrected chi connectivity index (χ3v) is 5.61. The average Bonchev–Trinajstić information content (AvgIpc) is 2.98. The number of halogens is 1. The van der Waals surface area contributed by atoms with Crippen molar-refractivity contribution in [2.45, 2.75) is 31.2 Å². The number of benzene rings is 2. The first-order valence-corrected chi connectivity index (χ1v) is 9.81. The second-order valence-corrected chi connectivity index (χ2v) is 8.18. The minimum absolute atomic E-state index is 0.0667. The van der Waals surface area contributed by atoms with Crippen molar-refractivity contribution >= 4 is 35.0 Å². The molecule has 0 bridgehead atoms. The fraction of sp³-hybridized carbons (Fsp3) is 0.250. The molecule has 3 rings (SSSR count). The fourth-order valence-corrected chi connectivity index (χ4v) is 3.61. The molecule has 0 aliphatic carbocycles. The van der Waals surface area contributed by atoms with Gasteiger partial charge in [0.05, 0.1) is 5.25 Å². The van der Waals surface area contributed by atoms with Crippen LogP contribution < -0.4 is 5.32 Å². The van der Waals surface area contributed by atoms with E-state index in [1.807, 2.05) is 68.8 Å². The molecule has 1 N–H and O–H groups in total. The molecule has 27 heavy (non-hydrogen) atoms. The van der Waals surface area contributed by atoms with Crippen molar-refractivity contribution in [3.05, 3.63) is 58.6 Å². The minimum atomic E-state index is -0.313. The lowest BCUT2D eigenvalue weighted by atomic mass is 10.1. The Hall–Kier alpha value is -2.31. The molecule has 1 amide bonds. The first-order chi connectivity index (χ1) is 12.8. The summed E-state index contributed by atoms with van der Waals surface area (Å²) in [6, 6.07) is 13.4. The normalized spacial score (nSPS) is 12.0. The predicted octanol–water partition coefficient (Wildman–Crippen LogP) is 4.87. The lowest BCUT2D eigenvalue weighted by Crippen LogP contribution is -2.23. The maximum absolute atomic E-state index is 12.6. The Kier molecular flexibility index (Phi) is 5.87. The van der Waals surface area contributed by atoms with Gasteiger partial charge in [-0.05, 0) is 56.7 Å². The van der Waals surface area contributed by atoms with Crippen LogP contribution in [0.2, 0.25) is 5.02 Å². The molecule has 7 heteroatoms. The smallest absolute Gasteiger partial charge is 0.237 e. The van der Waals surface area contributed by atoms with Gasteiger partial charge in [0.2, 0.25) is 5.91 Å². The number of hydrogen-bond donors (Lipinski definition) is 1. The van der Waals surface area contributed by atoms with Gasteiger partial charge in [-0.3, -0.25) is 4.79 Å². The maximum Gasteiger partial charge on any atom is 0.237 e. The molecule has 1 heterocycles. The van der Waals surface area contributed by atoms with Crippen molar-refractivity contribution in [1.82, 2.24) is 14.8 Å². The van der Waals surface area contributed by atoms with Crippen molar-refractivity contribution in [3.63, 3.8) is 0 Å². The van der Waals surface area contributed by atoms with Crippen molar-refractivity contribution in [3.8, 4) is 11.4 Å². The number of anilines is 1. The number of nitrogens with zero attached hydrogens (tertiary/aromatic N) is 3. The SMILES string of the molecule is Cc1ccc(NC(=O)C(C)Sc2nnc(-c3ccc(Cl)cc3)n2C)c(C)c1. The summed E-state index contributed by atoms with van der Waals surface area (Å²) in [5.41, 5.74) is 3.97. The van der Waals surface area contributed by atoms with Gasteiger partial charge < -0.3 is 9.88 Å². The molecule has 0 saturated carbocycles. The molecule has 2 aromatic carbocycles. The van der Waals surface area contributed by atoms with Crippen molar-refractivity contribution in [2.75, 3.05) is 5.32 Å². The molecule has 0 saturated heterocycles. The van der Waals surface area contributed by atoms with Gasteiger partial charge in [0.25, 0.3) is 0 Å². The van der Waals surface area contributed by atoms with Gasteiger partial charge >= 0.3 is 0 Å². The third-order valence-electron chi connectivity index (χ3n) is 4.23. The van der Waals surface area contributed by atoms with Crippen LogP contribution in [0.1, 0.15) is 18.1 Å². The predicted molar refractivity (Wildman–Crippen MR) is 111 cm³/mol.